The maximum absolute atomic E-state index is 12.3. The molecule has 0 bridgehead atoms. The summed E-state index contributed by atoms with van der Waals surface area (Å²) in [5.74, 6) is 4.16. The van der Waals surface area contributed by atoms with Gasteiger partial charge in [-0.25, -0.2) is 0 Å². The van der Waals surface area contributed by atoms with Crippen LogP contribution in [0.3, 0.4) is 0 Å². The zero-order valence-corrected chi connectivity index (χ0v) is 14.8. The van der Waals surface area contributed by atoms with Crippen LogP contribution in [-0.2, 0) is 9.53 Å². The highest BCUT2D eigenvalue weighted by atomic mass is 32.2. The number of ether oxygens (including phenoxy) is 1. The van der Waals surface area contributed by atoms with Gasteiger partial charge in [0.1, 0.15) is 0 Å². The van der Waals surface area contributed by atoms with E-state index in [-0.39, 0.29) is 11.9 Å². The van der Waals surface area contributed by atoms with Crippen LogP contribution in [0.5, 0.6) is 0 Å². The predicted molar refractivity (Wildman–Crippen MR) is 89.3 cm³/mol. The van der Waals surface area contributed by atoms with E-state index in [1.54, 1.807) is 0 Å². The van der Waals surface area contributed by atoms with E-state index in [1.807, 2.05) is 23.5 Å². The molecule has 0 aromatic carbocycles. The molecule has 0 spiro atoms. The van der Waals surface area contributed by atoms with Crippen LogP contribution in [0.25, 0.3) is 0 Å². The van der Waals surface area contributed by atoms with Crippen LogP contribution < -0.4 is 0 Å². The molecule has 2 heterocycles. The first-order valence-electron chi connectivity index (χ1n) is 7.87. The Morgan fingerprint density at radius 1 is 1.00 bits per heavy atom. The molecule has 20 heavy (non-hydrogen) atoms. The lowest BCUT2D eigenvalue weighted by Gasteiger charge is -2.34. The summed E-state index contributed by atoms with van der Waals surface area (Å²) < 4.78 is 5.70. The molecule has 0 amide bonds. The largest absolute Gasteiger partial charge is 0.465 e. The zero-order valence-electron chi connectivity index (χ0n) is 13.1. The SMILES string of the molecule is CC1CC(COC(=O)C2CC(C)SCC2C)C(C)CS1. The van der Waals surface area contributed by atoms with Crippen LogP contribution in [-0.4, -0.2) is 34.6 Å². The Bertz CT molecular complexity index is 334. The molecule has 2 nitrogen and oxygen atoms in total. The van der Waals surface area contributed by atoms with Crippen LogP contribution in [0, 0.1) is 23.7 Å². The van der Waals surface area contributed by atoms with E-state index < -0.39 is 0 Å². The zero-order chi connectivity index (χ0) is 14.7. The minimum Gasteiger partial charge on any atom is -0.465 e. The lowest BCUT2D eigenvalue weighted by Crippen LogP contribution is -2.35. The number of thioether (sulfide) groups is 2. The van der Waals surface area contributed by atoms with Gasteiger partial charge in [-0.3, -0.25) is 4.79 Å². The maximum Gasteiger partial charge on any atom is 0.309 e. The maximum atomic E-state index is 12.3. The van der Waals surface area contributed by atoms with E-state index in [1.165, 1.54) is 12.2 Å². The minimum absolute atomic E-state index is 0.0581. The molecule has 0 N–H and O–H groups in total. The van der Waals surface area contributed by atoms with E-state index in [0.29, 0.717) is 34.9 Å². The number of hydrogen-bond donors (Lipinski definition) is 0. The number of rotatable bonds is 3. The highest BCUT2D eigenvalue weighted by molar-refractivity contribution is 8.00. The molecule has 6 unspecified atom stereocenters. The second-order valence-corrected chi connectivity index (χ2v) is 9.65. The molecular formula is C16H28O2S2. The third kappa shape index (κ3) is 4.33. The summed E-state index contributed by atoms with van der Waals surface area (Å²) in [6, 6.07) is 0. The quantitative estimate of drug-likeness (QED) is 0.733. The van der Waals surface area contributed by atoms with E-state index >= 15 is 0 Å². The summed E-state index contributed by atoms with van der Waals surface area (Å²) in [7, 11) is 0. The van der Waals surface area contributed by atoms with Gasteiger partial charge in [0, 0.05) is 10.5 Å². The van der Waals surface area contributed by atoms with Gasteiger partial charge in [0.25, 0.3) is 0 Å². The summed E-state index contributed by atoms with van der Waals surface area (Å²) >= 11 is 4.03. The van der Waals surface area contributed by atoms with Gasteiger partial charge < -0.3 is 4.74 Å². The molecule has 0 radical (unpaired) electrons. The molecular weight excluding hydrogens is 288 g/mol. The number of carbonyl (C=O) groups excluding carboxylic acids is 1. The molecule has 2 saturated heterocycles. The summed E-state index contributed by atoms with van der Waals surface area (Å²) in [5.41, 5.74) is 0. The van der Waals surface area contributed by atoms with Crippen molar-refractivity contribution < 1.29 is 9.53 Å². The van der Waals surface area contributed by atoms with Crippen molar-refractivity contribution in [2.24, 2.45) is 23.7 Å². The second-order valence-electron chi connectivity index (χ2n) is 6.71. The third-order valence-electron chi connectivity index (χ3n) is 4.74. The second kappa shape index (κ2) is 7.44. The fourth-order valence-electron chi connectivity index (χ4n) is 3.13. The average Bonchev–Trinajstić information content (AvgIpc) is 2.42. The van der Waals surface area contributed by atoms with Gasteiger partial charge in [-0.2, -0.15) is 23.5 Å². The molecule has 6 atom stereocenters. The monoisotopic (exact) mass is 316 g/mol. The number of hydrogen-bond acceptors (Lipinski definition) is 4. The lowest BCUT2D eigenvalue weighted by atomic mass is 9.89. The molecule has 2 fully saturated rings. The van der Waals surface area contributed by atoms with Crippen molar-refractivity contribution in [2.45, 2.75) is 51.0 Å². The van der Waals surface area contributed by atoms with E-state index in [0.717, 1.165) is 12.2 Å². The van der Waals surface area contributed by atoms with Crippen LogP contribution in [0.2, 0.25) is 0 Å². The van der Waals surface area contributed by atoms with Crippen molar-refractivity contribution in [3.63, 3.8) is 0 Å². The van der Waals surface area contributed by atoms with Gasteiger partial charge >= 0.3 is 5.97 Å². The molecule has 4 heteroatoms. The Hall–Kier alpha value is 0.170. The van der Waals surface area contributed by atoms with Crippen molar-refractivity contribution in [3.05, 3.63) is 0 Å². The van der Waals surface area contributed by atoms with Crippen LogP contribution >= 0.6 is 23.5 Å². The first-order chi connectivity index (χ1) is 9.47. The Labute approximate surface area is 132 Å². The highest BCUT2D eigenvalue weighted by Gasteiger charge is 2.34. The fraction of sp³-hybridized carbons (Fsp3) is 0.938. The topological polar surface area (TPSA) is 26.3 Å². The summed E-state index contributed by atoms with van der Waals surface area (Å²) in [6.45, 7) is 9.62. The summed E-state index contributed by atoms with van der Waals surface area (Å²) in [6.07, 6.45) is 2.17. The molecule has 0 aromatic rings. The van der Waals surface area contributed by atoms with Crippen LogP contribution in [0.4, 0.5) is 0 Å². The van der Waals surface area contributed by atoms with E-state index in [4.69, 9.17) is 4.74 Å². The third-order valence-corrected chi connectivity index (χ3v) is 7.70. The molecule has 2 rings (SSSR count). The predicted octanol–water partition coefficient (Wildman–Crippen LogP) is 4.09. The average molecular weight is 317 g/mol. The molecule has 2 aliphatic heterocycles. The number of esters is 1. The van der Waals surface area contributed by atoms with Gasteiger partial charge in [0.15, 0.2) is 0 Å². The van der Waals surface area contributed by atoms with Crippen LogP contribution in [0.1, 0.15) is 40.5 Å². The van der Waals surface area contributed by atoms with Crippen molar-refractivity contribution in [2.75, 3.05) is 18.1 Å². The van der Waals surface area contributed by atoms with E-state index in [2.05, 4.69) is 27.7 Å². The normalized spacial score (nSPS) is 42.2. The fourth-order valence-corrected chi connectivity index (χ4v) is 5.62. The van der Waals surface area contributed by atoms with Gasteiger partial charge in [-0.15, -0.1) is 0 Å². The Balaban J connectivity index is 1.81. The molecule has 0 aliphatic carbocycles. The Kier molecular flexibility index (Phi) is 6.15. The highest BCUT2D eigenvalue weighted by Crippen LogP contribution is 2.36. The van der Waals surface area contributed by atoms with Crippen molar-refractivity contribution in [1.82, 2.24) is 0 Å². The first kappa shape index (κ1) is 16.5. The molecule has 0 aromatic heterocycles. The van der Waals surface area contributed by atoms with E-state index in [9.17, 15) is 4.79 Å². The summed E-state index contributed by atoms with van der Waals surface area (Å²) in [5, 5.41) is 1.30. The summed E-state index contributed by atoms with van der Waals surface area (Å²) in [4.78, 5) is 12.3. The van der Waals surface area contributed by atoms with Crippen LogP contribution in [0.15, 0.2) is 0 Å². The van der Waals surface area contributed by atoms with Crippen molar-refractivity contribution in [1.29, 1.82) is 0 Å². The van der Waals surface area contributed by atoms with Crippen molar-refractivity contribution in [3.8, 4) is 0 Å². The van der Waals surface area contributed by atoms with Gasteiger partial charge in [-0.1, -0.05) is 27.7 Å². The van der Waals surface area contributed by atoms with Gasteiger partial charge in [0.05, 0.1) is 12.5 Å². The lowest BCUT2D eigenvalue weighted by molar-refractivity contribution is -0.152. The van der Waals surface area contributed by atoms with Gasteiger partial charge in [-0.05, 0) is 42.1 Å². The molecule has 2 aliphatic rings. The Morgan fingerprint density at radius 2 is 1.60 bits per heavy atom. The first-order valence-corrected chi connectivity index (χ1v) is 9.97. The smallest absolute Gasteiger partial charge is 0.309 e. The molecule has 116 valence electrons. The molecule has 0 saturated carbocycles. The van der Waals surface area contributed by atoms with Gasteiger partial charge in [0.2, 0.25) is 0 Å². The Morgan fingerprint density at radius 3 is 2.30 bits per heavy atom. The number of carbonyl (C=O) groups is 1. The van der Waals surface area contributed by atoms with Crippen molar-refractivity contribution >= 4 is 29.5 Å². The standard InChI is InChI=1S/C16H28O2S2/c1-10-8-19-12(3)5-14(10)7-18-16(17)15-6-13(4)20-9-11(15)2/h10-15H,5-9H2,1-4H3. The minimum atomic E-state index is 0.0581.